The SMILES string of the molecule is C1CC1.CC.Cc1nnc(C(C)C)o1. The van der Waals surface area contributed by atoms with E-state index in [0.717, 1.165) is 0 Å². The van der Waals surface area contributed by atoms with Crippen molar-refractivity contribution in [3.05, 3.63) is 11.8 Å². The van der Waals surface area contributed by atoms with Gasteiger partial charge in [0.15, 0.2) is 0 Å². The van der Waals surface area contributed by atoms with Crippen molar-refractivity contribution in [2.75, 3.05) is 0 Å². The van der Waals surface area contributed by atoms with Crippen molar-refractivity contribution in [1.29, 1.82) is 0 Å². The largest absolute Gasteiger partial charge is 0.425 e. The predicted molar refractivity (Wildman–Crippen MR) is 58.3 cm³/mol. The second-order valence-corrected chi connectivity index (χ2v) is 3.37. The van der Waals surface area contributed by atoms with Gasteiger partial charge in [-0.1, -0.05) is 47.0 Å². The van der Waals surface area contributed by atoms with E-state index in [1.807, 2.05) is 27.7 Å². The highest BCUT2D eigenvalue weighted by molar-refractivity contribution is 4.84. The van der Waals surface area contributed by atoms with Crippen LogP contribution in [0.2, 0.25) is 0 Å². The summed E-state index contributed by atoms with van der Waals surface area (Å²) in [6.45, 7) is 9.83. The van der Waals surface area contributed by atoms with Crippen LogP contribution in [0.3, 0.4) is 0 Å². The lowest BCUT2D eigenvalue weighted by Gasteiger charge is -1.92. The van der Waals surface area contributed by atoms with E-state index in [4.69, 9.17) is 4.42 Å². The molecule has 0 aromatic carbocycles. The number of rotatable bonds is 1. The monoisotopic (exact) mass is 198 g/mol. The first-order valence-corrected chi connectivity index (χ1v) is 5.50. The predicted octanol–water partition coefficient (Wildman–Crippen LogP) is 3.70. The zero-order valence-electron chi connectivity index (χ0n) is 10.0. The summed E-state index contributed by atoms with van der Waals surface area (Å²) in [4.78, 5) is 0. The summed E-state index contributed by atoms with van der Waals surface area (Å²) in [7, 11) is 0. The van der Waals surface area contributed by atoms with E-state index in [2.05, 4.69) is 10.2 Å². The van der Waals surface area contributed by atoms with Crippen molar-refractivity contribution in [3.63, 3.8) is 0 Å². The molecule has 0 atom stereocenters. The Kier molecular flexibility index (Phi) is 7.07. The van der Waals surface area contributed by atoms with Gasteiger partial charge in [0.05, 0.1) is 0 Å². The van der Waals surface area contributed by atoms with E-state index < -0.39 is 0 Å². The Labute approximate surface area is 86.9 Å². The van der Waals surface area contributed by atoms with Gasteiger partial charge in [-0.25, -0.2) is 0 Å². The first kappa shape index (κ1) is 13.1. The summed E-state index contributed by atoms with van der Waals surface area (Å²) in [5.41, 5.74) is 0. The summed E-state index contributed by atoms with van der Waals surface area (Å²) >= 11 is 0. The van der Waals surface area contributed by atoms with Crippen molar-refractivity contribution in [2.45, 2.75) is 59.8 Å². The molecule has 0 aliphatic heterocycles. The first-order valence-electron chi connectivity index (χ1n) is 5.50. The molecule has 0 amide bonds. The quantitative estimate of drug-likeness (QED) is 0.690. The van der Waals surface area contributed by atoms with E-state index in [1.165, 1.54) is 19.3 Å². The van der Waals surface area contributed by atoms with Crippen molar-refractivity contribution >= 4 is 0 Å². The zero-order chi connectivity index (χ0) is 11.0. The minimum Gasteiger partial charge on any atom is -0.425 e. The van der Waals surface area contributed by atoms with Crippen molar-refractivity contribution in [2.24, 2.45) is 0 Å². The molecule has 82 valence electrons. The lowest BCUT2D eigenvalue weighted by atomic mass is 10.2. The highest BCUT2D eigenvalue weighted by Gasteiger charge is 2.04. The molecule has 1 aliphatic rings. The molecule has 14 heavy (non-hydrogen) atoms. The molecular formula is C11H22N2O. The van der Waals surface area contributed by atoms with Crippen LogP contribution in [0.15, 0.2) is 4.42 Å². The summed E-state index contributed by atoms with van der Waals surface area (Å²) in [6.07, 6.45) is 4.50. The molecular weight excluding hydrogens is 176 g/mol. The summed E-state index contributed by atoms with van der Waals surface area (Å²) < 4.78 is 5.12. The van der Waals surface area contributed by atoms with Gasteiger partial charge >= 0.3 is 0 Å². The Morgan fingerprint density at radius 2 is 1.57 bits per heavy atom. The third-order valence-corrected chi connectivity index (χ3v) is 1.39. The molecule has 1 saturated carbocycles. The van der Waals surface area contributed by atoms with Crippen LogP contribution < -0.4 is 0 Å². The third kappa shape index (κ3) is 6.63. The lowest BCUT2D eigenvalue weighted by Crippen LogP contribution is -1.85. The second-order valence-electron chi connectivity index (χ2n) is 3.37. The van der Waals surface area contributed by atoms with Gasteiger partial charge < -0.3 is 4.42 Å². The molecule has 0 N–H and O–H groups in total. The molecule has 0 spiro atoms. The first-order chi connectivity index (χ1) is 6.70. The molecule has 0 saturated heterocycles. The summed E-state index contributed by atoms with van der Waals surface area (Å²) in [5, 5.41) is 7.52. The van der Waals surface area contributed by atoms with Crippen LogP contribution in [0.4, 0.5) is 0 Å². The third-order valence-electron chi connectivity index (χ3n) is 1.39. The standard InChI is InChI=1S/C6H10N2O.C3H6.C2H6/c1-4(2)6-8-7-5(3)9-6;1-2-3-1;1-2/h4H,1-3H3;1-3H2;1-2H3. The van der Waals surface area contributed by atoms with Crippen molar-refractivity contribution < 1.29 is 4.42 Å². The van der Waals surface area contributed by atoms with E-state index in [9.17, 15) is 0 Å². The zero-order valence-corrected chi connectivity index (χ0v) is 10.0. The average Bonchev–Trinajstić information content (AvgIpc) is 2.99. The topological polar surface area (TPSA) is 38.9 Å². The van der Waals surface area contributed by atoms with Crippen LogP contribution in [-0.4, -0.2) is 10.2 Å². The number of aryl methyl sites for hydroxylation is 1. The van der Waals surface area contributed by atoms with Gasteiger partial charge in [-0.05, 0) is 0 Å². The normalized spacial score (nSPS) is 12.4. The fourth-order valence-electron chi connectivity index (χ4n) is 0.545. The molecule has 3 heteroatoms. The fraction of sp³-hybridized carbons (Fsp3) is 0.818. The Balaban J connectivity index is 0.000000280. The minimum absolute atomic E-state index is 0.339. The molecule has 1 aromatic heterocycles. The maximum absolute atomic E-state index is 5.12. The van der Waals surface area contributed by atoms with Crippen molar-refractivity contribution in [3.8, 4) is 0 Å². The van der Waals surface area contributed by atoms with Crippen LogP contribution in [-0.2, 0) is 0 Å². The Morgan fingerprint density at radius 3 is 1.71 bits per heavy atom. The summed E-state index contributed by atoms with van der Waals surface area (Å²) in [6, 6.07) is 0. The molecule has 0 radical (unpaired) electrons. The second kappa shape index (κ2) is 7.54. The van der Waals surface area contributed by atoms with Crippen molar-refractivity contribution in [1.82, 2.24) is 10.2 Å². The molecule has 1 heterocycles. The van der Waals surface area contributed by atoms with Gasteiger partial charge in [-0.15, -0.1) is 10.2 Å². The molecule has 0 unspecified atom stereocenters. The van der Waals surface area contributed by atoms with Gasteiger partial charge in [-0.3, -0.25) is 0 Å². The smallest absolute Gasteiger partial charge is 0.219 e. The number of aromatic nitrogens is 2. The van der Waals surface area contributed by atoms with E-state index in [-0.39, 0.29) is 0 Å². The van der Waals surface area contributed by atoms with Gasteiger partial charge in [0.2, 0.25) is 11.8 Å². The van der Waals surface area contributed by atoms with E-state index in [0.29, 0.717) is 17.7 Å². The van der Waals surface area contributed by atoms with Crippen LogP contribution >= 0.6 is 0 Å². The molecule has 1 aliphatic carbocycles. The Bertz CT molecular complexity index is 226. The molecule has 1 aromatic rings. The maximum Gasteiger partial charge on any atom is 0.219 e. The fourth-order valence-corrected chi connectivity index (χ4v) is 0.545. The summed E-state index contributed by atoms with van der Waals surface area (Å²) in [5.74, 6) is 1.69. The average molecular weight is 198 g/mol. The van der Waals surface area contributed by atoms with E-state index in [1.54, 1.807) is 6.92 Å². The number of hydrogen-bond acceptors (Lipinski definition) is 3. The van der Waals surface area contributed by atoms with Gasteiger partial charge in [0, 0.05) is 12.8 Å². The highest BCUT2D eigenvalue weighted by atomic mass is 16.4. The van der Waals surface area contributed by atoms with Crippen LogP contribution in [0.25, 0.3) is 0 Å². The highest BCUT2D eigenvalue weighted by Crippen LogP contribution is 2.14. The van der Waals surface area contributed by atoms with Crippen LogP contribution in [0.1, 0.15) is 64.7 Å². The molecule has 0 bridgehead atoms. The molecule has 3 nitrogen and oxygen atoms in total. The minimum atomic E-state index is 0.339. The van der Waals surface area contributed by atoms with Gasteiger partial charge in [-0.2, -0.15) is 0 Å². The maximum atomic E-state index is 5.12. The van der Waals surface area contributed by atoms with Gasteiger partial charge in [0.1, 0.15) is 0 Å². The number of hydrogen-bond donors (Lipinski definition) is 0. The van der Waals surface area contributed by atoms with Crippen LogP contribution in [0.5, 0.6) is 0 Å². The van der Waals surface area contributed by atoms with Crippen LogP contribution in [0, 0.1) is 6.92 Å². The van der Waals surface area contributed by atoms with Gasteiger partial charge in [0.25, 0.3) is 0 Å². The Morgan fingerprint density at radius 1 is 1.07 bits per heavy atom. The Hall–Kier alpha value is -0.860. The molecule has 1 fully saturated rings. The number of nitrogens with zero attached hydrogens (tertiary/aromatic N) is 2. The molecule has 2 rings (SSSR count). The lowest BCUT2D eigenvalue weighted by molar-refractivity contribution is 0.448. The van der Waals surface area contributed by atoms with E-state index >= 15 is 0 Å².